The van der Waals surface area contributed by atoms with Gasteiger partial charge in [-0.15, -0.1) is 0 Å². The highest BCUT2D eigenvalue weighted by molar-refractivity contribution is 5.73. The lowest BCUT2D eigenvalue weighted by Gasteiger charge is -2.35. The number of nitrogens with zero attached hydrogens (tertiary/aromatic N) is 1. The summed E-state index contributed by atoms with van der Waals surface area (Å²) in [6.45, 7) is 2.24. The molecule has 92 valence electrons. The van der Waals surface area contributed by atoms with Crippen molar-refractivity contribution in [3.05, 3.63) is 0 Å². The molecule has 1 aliphatic carbocycles. The first-order chi connectivity index (χ1) is 7.65. The van der Waals surface area contributed by atoms with Gasteiger partial charge in [-0.1, -0.05) is 0 Å². The molecule has 1 amide bonds. The standard InChI is InChI=1S/C12H23N3O/c13-10-1-2-11(8-10)15-5-3-9(4-6-15)7-12(14)16/h9-11H,1-8,13H2,(H2,14,16). The smallest absolute Gasteiger partial charge is 0.217 e. The van der Waals surface area contributed by atoms with E-state index in [-0.39, 0.29) is 5.91 Å². The van der Waals surface area contributed by atoms with Crippen LogP contribution in [0.1, 0.15) is 38.5 Å². The number of rotatable bonds is 3. The van der Waals surface area contributed by atoms with Gasteiger partial charge in [-0.25, -0.2) is 0 Å². The molecule has 4 nitrogen and oxygen atoms in total. The molecule has 2 aliphatic rings. The highest BCUT2D eigenvalue weighted by Gasteiger charge is 2.30. The Morgan fingerprint density at radius 3 is 2.38 bits per heavy atom. The van der Waals surface area contributed by atoms with Crippen LogP contribution in [0.25, 0.3) is 0 Å². The number of hydrogen-bond donors (Lipinski definition) is 2. The van der Waals surface area contributed by atoms with Gasteiger partial charge in [0, 0.05) is 18.5 Å². The topological polar surface area (TPSA) is 72.4 Å². The van der Waals surface area contributed by atoms with Gasteiger partial charge in [0.1, 0.15) is 0 Å². The quantitative estimate of drug-likeness (QED) is 0.732. The van der Waals surface area contributed by atoms with E-state index in [2.05, 4.69) is 4.90 Å². The minimum Gasteiger partial charge on any atom is -0.370 e. The van der Waals surface area contributed by atoms with Gasteiger partial charge in [-0.05, 0) is 51.1 Å². The van der Waals surface area contributed by atoms with Crippen molar-refractivity contribution in [3.63, 3.8) is 0 Å². The Labute approximate surface area is 97.3 Å². The highest BCUT2D eigenvalue weighted by Crippen LogP contribution is 2.28. The number of amides is 1. The van der Waals surface area contributed by atoms with Crippen molar-refractivity contribution in [1.29, 1.82) is 0 Å². The van der Waals surface area contributed by atoms with E-state index >= 15 is 0 Å². The van der Waals surface area contributed by atoms with E-state index in [0.717, 1.165) is 32.4 Å². The monoisotopic (exact) mass is 225 g/mol. The maximum Gasteiger partial charge on any atom is 0.217 e. The molecule has 0 aromatic carbocycles. The summed E-state index contributed by atoms with van der Waals surface area (Å²) in [7, 11) is 0. The zero-order chi connectivity index (χ0) is 11.5. The number of likely N-dealkylation sites (tertiary alicyclic amines) is 1. The van der Waals surface area contributed by atoms with Crippen LogP contribution in [-0.4, -0.2) is 36.0 Å². The second kappa shape index (κ2) is 5.15. The van der Waals surface area contributed by atoms with Crippen molar-refractivity contribution < 1.29 is 4.79 Å². The Hall–Kier alpha value is -0.610. The number of carbonyl (C=O) groups excluding carboxylic acids is 1. The van der Waals surface area contributed by atoms with Crippen LogP contribution in [0, 0.1) is 5.92 Å². The van der Waals surface area contributed by atoms with Crippen molar-refractivity contribution in [2.45, 2.75) is 50.6 Å². The fourth-order valence-electron chi connectivity index (χ4n) is 3.13. The van der Waals surface area contributed by atoms with Crippen molar-refractivity contribution in [2.75, 3.05) is 13.1 Å². The summed E-state index contributed by atoms with van der Waals surface area (Å²) in [5.41, 5.74) is 11.2. The lowest BCUT2D eigenvalue weighted by atomic mass is 9.92. The molecular weight excluding hydrogens is 202 g/mol. The number of primary amides is 1. The lowest BCUT2D eigenvalue weighted by Crippen LogP contribution is -2.41. The van der Waals surface area contributed by atoms with Gasteiger partial charge in [0.25, 0.3) is 0 Å². The van der Waals surface area contributed by atoms with E-state index in [1.165, 1.54) is 12.8 Å². The summed E-state index contributed by atoms with van der Waals surface area (Å²) < 4.78 is 0. The maximum absolute atomic E-state index is 10.8. The average Bonchev–Trinajstić information content (AvgIpc) is 2.65. The van der Waals surface area contributed by atoms with Gasteiger partial charge < -0.3 is 16.4 Å². The van der Waals surface area contributed by atoms with Crippen molar-refractivity contribution in [3.8, 4) is 0 Å². The summed E-state index contributed by atoms with van der Waals surface area (Å²) in [5, 5.41) is 0. The van der Waals surface area contributed by atoms with Crippen LogP contribution >= 0.6 is 0 Å². The third-order valence-electron chi connectivity index (χ3n) is 4.10. The molecule has 2 atom stereocenters. The molecule has 0 aromatic heterocycles. The summed E-state index contributed by atoms with van der Waals surface area (Å²) in [4.78, 5) is 13.4. The first-order valence-corrected chi connectivity index (χ1v) is 6.43. The third-order valence-corrected chi connectivity index (χ3v) is 4.10. The summed E-state index contributed by atoms with van der Waals surface area (Å²) >= 11 is 0. The van der Waals surface area contributed by atoms with E-state index in [1.54, 1.807) is 0 Å². The van der Waals surface area contributed by atoms with Crippen molar-refractivity contribution in [2.24, 2.45) is 17.4 Å². The largest absolute Gasteiger partial charge is 0.370 e. The van der Waals surface area contributed by atoms with Crippen molar-refractivity contribution >= 4 is 5.91 Å². The van der Waals surface area contributed by atoms with Gasteiger partial charge in [0.2, 0.25) is 5.91 Å². The lowest BCUT2D eigenvalue weighted by molar-refractivity contribution is -0.119. The summed E-state index contributed by atoms with van der Waals surface area (Å²) in [5.74, 6) is 0.366. The predicted molar refractivity (Wildman–Crippen MR) is 63.7 cm³/mol. The Morgan fingerprint density at radius 1 is 1.19 bits per heavy atom. The van der Waals surface area contributed by atoms with E-state index < -0.39 is 0 Å². The molecule has 0 radical (unpaired) electrons. The molecule has 2 unspecified atom stereocenters. The molecular formula is C12H23N3O. The fraction of sp³-hybridized carbons (Fsp3) is 0.917. The molecule has 4 heteroatoms. The predicted octanol–water partition coefficient (Wildman–Crippen LogP) is 0.454. The number of nitrogens with two attached hydrogens (primary N) is 2. The van der Waals surface area contributed by atoms with Crippen LogP contribution in [0.2, 0.25) is 0 Å². The Kier molecular flexibility index (Phi) is 3.82. The summed E-state index contributed by atoms with van der Waals surface area (Å²) in [6.07, 6.45) is 6.38. The molecule has 4 N–H and O–H groups in total. The minimum atomic E-state index is -0.152. The molecule has 1 saturated carbocycles. The van der Waals surface area contributed by atoms with Gasteiger partial charge in [-0.2, -0.15) is 0 Å². The minimum absolute atomic E-state index is 0.152. The van der Waals surface area contributed by atoms with Crippen LogP contribution in [0.15, 0.2) is 0 Å². The third kappa shape index (κ3) is 2.95. The van der Waals surface area contributed by atoms with Gasteiger partial charge in [0.05, 0.1) is 0 Å². The zero-order valence-electron chi connectivity index (χ0n) is 9.90. The first kappa shape index (κ1) is 11.9. The molecule has 0 aromatic rings. The number of carbonyl (C=O) groups is 1. The Bertz CT molecular complexity index is 249. The normalized spacial score (nSPS) is 33.1. The molecule has 0 bridgehead atoms. The molecule has 1 heterocycles. The van der Waals surface area contributed by atoms with Crippen LogP contribution in [0.5, 0.6) is 0 Å². The van der Waals surface area contributed by atoms with E-state index in [4.69, 9.17) is 11.5 Å². The molecule has 1 saturated heterocycles. The Balaban J connectivity index is 1.74. The van der Waals surface area contributed by atoms with Crippen LogP contribution in [-0.2, 0) is 4.79 Å². The molecule has 2 fully saturated rings. The van der Waals surface area contributed by atoms with Crippen LogP contribution < -0.4 is 11.5 Å². The average molecular weight is 225 g/mol. The zero-order valence-corrected chi connectivity index (χ0v) is 9.90. The molecule has 0 spiro atoms. The molecule has 2 rings (SSSR count). The number of hydrogen-bond acceptors (Lipinski definition) is 3. The van der Waals surface area contributed by atoms with Crippen molar-refractivity contribution in [1.82, 2.24) is 4.90 Å². The molecule has 16 heavy (non-hydrogen) atoms. The second-order valence-corrected chi connectivity index (χ2v) is 5.38. The van der Waals surface area contributed by atoms with Gasteiger partial charge in [-0.3, -0.25) is 4.79 Å². The molecule has 1 aliphatic heterocycles. The maximum atomic E-state index is 10.8. The summed E-state index contributed by atoms with van der Waals surface area (Å²) in [6, 6.07) is 1.11. The van der Waals surface area contributed by atoms with Gasteiger partial charge in [0.15, 0.2) is 0 Å². The fourth-order valence-corrected chi connectivity index (χ4v) is 3.13. The SMILES string of the molecule is NC(=O)CC1CCN(C2CCC(N)C2)CC1. The van der Waals surface area contributed by atoms with E-state index in [9.17, 15) is 4.79 Å². The second-order valence-electron chi connectivity index (χ2n) is 5.38. The van der Waals surface area contributed by atoms with E-state index in [1.807, 2.05) is 0 Å². The van der Waals surface area contributed by atoms with Crippen LogP contribution in [0.3, 0.4) is 0 Å². The highest BCUT2D eigenvalue weighted by atomic mass is 16.1. The van der Waals surface area contributed by atoms with Crippen LogP contribution in [0.4, 0.5) is 0 Å². The first-order valence-electron chi connectivity index (χ1n) is 6.43. The van der Waals surface area contributed by atoms with E-state index in [0.29, 0.717) is 24.4 Å². The number of piperidine rings is 1. The Morgan fingerprint density at radius 2 is 1.88 bits per heavy atom. The van der Waals surface area contributed by atoms with Gasteiger partial charge >= 0.3 is 0 Å².